The SMILES string of the molecule is CC(C)(C)c1ccc(-c2n[nH]c(-c3ccccc3N)n2)cc1. The van der Waals surface area contributed by atoms with E-state index >= 15 is 0 Å². The Labute approximate surface area is 130 Å². The van der Waals surface area contributed by atoms with Crippen molar-refractivity contribution in [1.29, 1.82) is 0 Å². The van der Waals surface area contributed by atoms with E-state index in [0.717, 1.165) is 11.1 Å². The van der Waals surface area contributed by atoms with Gasteiger partial charge in [0.2, 0.25) is 0 Å². The molecule has 1 aromatic heterocycles. The number of nitrogens with one attached hydrogen (secondary N) is 1. The molecule has 0 bridgehead atoms. The molecule has 22 heavy (non-hydrogen) atoms. The molecule has 0 aliphatic rings. The second kappa shape index (κ2) is 5.30. The Morgan fingerprint density at radius 2 is 1.64 bits per heavy atom. The number of H-pyrrole nitrogens is 1. The van der Waals surface area contributed by atoms with Crippen molar-refractivity contribution in [3.05, 3.63) is 54.1 Å². The summed E-state index contributed by atoms with van der Waals surface area (Å²) in [6, 6.07) is 16.0. The predicted molar refractivity (Wildman–Crippen MR) is 90.4 cm³/mol. The first-order chi connectivity index (χ1) is 10.4. The summed E-state index contributed by atoms with van der Waals surface area (Å²) in [5.74, 6) is 1.37. The summed E-state index contributed by atoms with van der Waals surface area (Å²) >= 11 is 0. The summed E-state index contributed by atoms with van der Waals surface area (Å²) in [5, 5.41) is 7.27. The molecule has 4 heteroatoms. The van der Waals surface area contributed by atoms with Gasteiger partial charge in [-0.1, -0.05) is 57.2 Å². The molecule has 0 saturated carbocycles. The lowest BCUT2D eigenvalue weighted by Crippen LogP contribution is -2.10. The number of nitrogens with zero attached hydrogens (tertiary/aromatic N) is 2. The van der Waals surface area contributed by atoms with Crippen molar-refractivity contribution in [2.45, 2.75) is 26.2 Å². The Hall–Kier alpha value is -2.62. The molecular weight excluding hydrogens is 272 g/mol. The van der Waals surface area contributed by atoms with Crippen LogP contribution < -0.4 is 5.73 Å². The minimum absolute atomic E-state index is 0.140. The fourth-order valence-corrected chi connectivity index (χ4v) is 2.34. The van der Waals surface area contributed by atoms with Crippen molar-refractivity contribution in [3.8, 4) is 22.8 Å². The second-order valence-electron chi connectivity index (χ2n) is 6.42. The minimum Gasteiger partial charge on any atom is -0.398 e. The Morgan fingerprint density at radius 1 is 0.955 bits per heavy atom. The zero-order valence-corrected chi connectivity index (χ0v) is 13.1. The van der Waals surface area contributed by atoms with Crippen LogP contribution in [0.25, 0.3) is 22.8 Å². The van der Waals surface area contributed by atoms with Crippen molar-refractivity contribution in [2.75, 3.05) is 5.73 Å². The number of nitrogen functional groups attached to an aromatic ring is 1. The van der Waals surface area contributed by atoms with Gasteiger partial charge in [0.15, 0.2) is 11.6 Å². The summed E-state index contributed by atoms with van der Waals surface area (Å²) < 4.78 is 0. The lowest BCUT2D eigenvalue weighted by molar-refractivity contribution is 0.590. The van der Waals surface area contributed by atoms with Crippen molar-refractivity contribution in [3.63, 3.8) is 0 Å². The third-order valence-corrected chi connectivity index (χ3v) is 3.71. The van der Waals surface area contributed by atoms with Crippen molar-refractivity contribution < 1.29 is 0 Å². The Balaban J connectivity index is 1.93. The first-order valence-electron chi connectivity index (χ1n) is 7.33. The molecule has 0 atom stereocenters. The minimum atomic E-state index is 0.140. The molecule has 0 aliphatic carbocycles. The van der Waals surface area contributed by atoms with Crippen LogP contribution in [0.3, 0.4) is 0 Å². The van der Waals surface area contributed by atoms with Gasteiger partial charge in [0.25, 0.3) is 0 Å². The van der Waals surface area contributed by atoms with E-state index < -0.39 is 0 Å². The average Bonchev–Trinajstić information content (AvgIpc) is 2.96. The van der Waals surface area contributed by atoms with Crippen LogP contribution >= 0.6 is 0 Å². The average molecular weight is 292 g/mol. The van der Waals surface area contributed by atoms with Crippen LogP contribution in [0.4, 0.5) is 5.69 Å². The summed E-state index contributed by atoms with van der Waals surface area (Å²) in [5.41, 5.74) is 9.96. The summed E-state index contributed by atoms with van der Waals surface area (Å²) in [6.07, 6.45) is 0. The van der Waals surface area contributed by atoms with Crippen LogP contribution in [0, 0.1) is 0 Å². The molecule has 3 aromatic rings. The van der Waals surface area contributed by atoms with Gasteiger partial charge in [-0.25, -0.2) is 4.98 Å². The van der Waals surface area contributed by atoms with Gasteiger partial charge < -0.3 is 5.73 Å². The Kier molecular flexibility index (Phi) is 3.45. The first kappa shape index (κ1) is 14.3. The monoisotopic (exact) mass is 292 g/mol. The molecule has 0 aliphatic heterocycles. The standard InChI is InChI=1S/C18H20N4/c1-18(2,3)13-10-8-12(9-11-13)16-20-17(22-21-16)14-6-4-5-7-15(14)19/h4-11H,19H2,1-3H3,(H,20,21,22). The van der Waals surface area contributed by atoms with Gasteiger partial charge in [0.05, 0.1) is 0 Å². The van der Waals surface area contributed by atoms with Crippen molar-refractivity contribution >= 4 is 5.69 Å². The number of aromatic nitrogens is 3. The third kappa shape index (κ3) is 2.72. The fourth-order valence-electron chi connectivity index (χ4n) is 2.34. The van der Waals surface area contributed by atoms with Crippen LogP contribution in [0.5, 0.6) is 0 Å². The van der Waals surface area contributed by atoms with E-state index in [-0.39, 0.29) is 5.41 Å². The summed E-state index contributed by atoms with van der Waals surface area (Å²) in [4.78, 5) is 4.56. The third-order valence-electron chi connectivity index (χ3n) is 3.71. The van der Waals surface area contributed by atoms with E-state index in [1.54, 1.807) is 0 Å². The van der Waals surface area contributed by atoms with E-state index in [2.05, 4.69) is 60.2 Å². The zero-order chi connectivity index (χ0) is 15.7. The molecule has 4 nitrogen and oxygen atoms in total. The highest BCUT2D eigenvalue weighted by molar-refractivity contribution is 5.72. The van der Waals surface area contributed by atoms with Gasteiger partial charge in [-0.15, -0.1) is 0 Å². The van der Waals surface area contributed by atoms with Gasteiger partial charge in [0, 0.05) is 16.8 Å². The van der Waals surface area contributed by atoms with E-state index in [1.807, 2.05) is 24.3 Å². The number of aromatic amines is 1. The van der Waals surface area contributed by atoms with E-state index in [1.165, 1.54) is 5.56 Å². The number of anilines is 1. The predicted octanol–water partition coefficient (Wildman–Crippen LogP) is 4.02. The number of benzene rings is 2. The summed E-state index contributed by atoms with van der Waals surface area (Å²) in [6.45, 7) is 6.60. The zero-order valence-electron chi connectivity index (χ0n) is 13.1. The highest BCUT2D eigenvalue weighted by Gasteiger charge is 2.14. The van der Waals surface area contributed by atoms with Gasteiger partial charge in [-0.2, -0.15) is 5.10 Å². The van der Waals surface area contributed by atoms with Crippen LogP contribution in [-0.2, 0) is 5.41 Å². The Morgan fingerprint density at radius 3 is 2.27 bits per heavy atom. The summed E-state index contributed by atoms with van der Waals surface area (Å²) in [7, 11) is 0. The molecule has 3 rings (SSSR count). The fraction of sp³-hybridized carbons (Fsp3) is 0.222. The van der Waals surface area contributed by atoms with Gasteiger partial charge in [-0.3, -0.25) is 5.10 Å². The van der Waals surface area contributed by atoms with Gasteiger partial charge in [0.1, 0.15) is 0 Å². The lowest BCUT2D eigenvalue weighted by atomic mass is 9.87. The first-order valence-corrected chi connectivity index (χ1v) is 7.33. The molecule has 0 fully saturated rings. The highest BCUT2D eigenvalue weighted by Crippen LogP contribution is 2.27. The van der Waals surface area contributed by atoms with Gasteiger partial charge in [-0.05, 0) is 23.1 Å². The second-order valence-corrected chi connectivity index (χ2v) is 6.42. The van der Waals surface area contributed by atoms with E-state index in [4.69, 9.17) is 5.73 Å². The molecule has 0 saturated heterocycles. The molecule has 0 amide bonds. The highest BCUT2D eigenvalue weighted by atomic mass is 15.2. The molecule has 3 N–H and O–H groups in total. The van der Waals surface area contributed by atoms with Crippen LogP contribution in [0.2, 0.25) is 0 Å². The number of hydrogen-bond donors (Lipinski definition) is 2. The van der Waals surface area contributed by atoms with Crippen molar-refractivity contribution in [2.24, 2.45) is 0 Å². The van der Waals surface area contributed by atoms with Crippen LogP contribution in [0.1, 0.15) is 26.3 Å². The lowest BCUT2D eigenvalue weighted by Gasteiger charge is -2.18. The molecule has 0 radical (unpaired) electrons. The number of nitrogens with two attached hydrogens (primary N) is 1. The number of rotatable bonds is 2. The largest absolute Gasteiger partial charge is 0.398 e. The molecule has 112 valence electrons. The maximum absolute atomic E-state index is 5.98. The van der Waals surface area contributed by atoms with E-state index in [9.17, 15) is 0 Å². The molecule has 1 heterocycles. The number of hydrogen-bond acceptors (Lipinski definition) is 3. The molecule has 0 unspecified atom stereocenters. The smallest absolute Gasteiger partial charge is 0.181 e. The quantitative estimate of drug-likeness (QED) is 0.701. The van der Waals surface area contributed by atoms with Crippen LogP contribution in [-0.4, -0.2) is 15.2 Å². The molecule has 0 spiro atoms. The number of para-hydroxylation sites is 1. The molecular formula is C18H20N4. The van der Waals surface area contributed by atoms with Crippen LogP contribution in [0.15, 0.2) is 48.5 Å². The molecule has 2 aromatic carbocycles. The maximum atomic E-state index is 5.98. The van der Waals surface area contributed by atoms with Crippen molar-refractivity contribution in [1.82, 2.24) is 15.2 Å². The van der Waals surface area contributed by atoms with Gasteiger partial charge >= 0.3 is 0 Å². The maximum Gasteiger partial charge on any atom is 0.181 e. The Bertz CT molecular complexity index is 779. The van der Waals surface area contributed by atoms with E-state index in [0.29, 0.717) is 17.3 Å². The topological polar surface area (TPSA) is 67.6 Å². The normalized spacial score (nSPS) is 11.6.